The molecule has 0 aliphatic heterocycles. The molecule has 0 saturated heterocycles. The summed E-state index contributed by atoms with van der Waals surface area (Å²) in [6.45, 7) is 0. The van der Waals surface area contributed by atoms with Crippen LogP contribution in [0.25, 0.3) is 11.3 Å². The zero-order valence-corrected chi connectivity index (χ0v) is 12.6. The minimum atomic E-state index is -0.220. The third kappa shape index (κ3) is 3.20. The number of hydrogen-bond donors (Lipinski definition) is 2. The Morgan fingerprint density at radius 1 is 1.05 bits per heavy atom. The Hall–Kier alpha value is -2.40. The summed E-state index contributed by atoms with van der Waals surface area (Å²) in [4.78, 5) is 12.2. The lowest BCUT2D eigenvalue weighted by Crippen LogP contribution is -2.12. The van der Waals surface area contributed by atoms with Gasteiger partial charge in [0.15, 0.2) is 0 Å². The Morgan fingerprint density at radius 3 is 2.62 bits per heavy atom. The average molecular weight is 342 g/mol. The van der Waals surface area contributed by atoms with Crippen LogP contribution in [0.4, 0.5) is 5.69 Å². The molecule has 0 radical (unpaired) electrons. The fraction of sp³-hybridized carbons (Fsp3) is 0. The zero-order valence-electron chi connectivity index (χ0n) is 11.0. The number of carbonyl (C=O) groups excluding carboxylic acids is 1. The Kier molecular flexibility index (Phi) is 3.83. The molecule has 21 heavy (non-hydrogen) atoms. The lowest BCUT2D eigenvalue weighted by molar-refractivity contribution is 0.102. The van der Waals surface area contributed by atoms with Crippen LogP contribution in [-0.4, -0.2) is 16.1 Å². The molecule has 4 nitrogen and oxygen atoms in total. The largest absolute Gasteiger partial charge is 0.321 e. The minimum Gasteiger partial charge on any atom is -0.321 e. The van der Waals surface area contributed by atoms with E-state index in [-0.39, 0.29) is 5.91 Å². The molecule has 5 heteroatoms. The maximum atomic E-state index is 12.2. The highest BCUT2D eigenvalue weighted by Crippen LogP contribution is 2.19. The predicted octanol–water partition coefficient (Wildman–Crippen LogP) is 4.09. The van der Waals surface area contributed by atoms with E-state index in [2.05, 4.69) is 31.4 Å². The SMILES string of the molecule is O=C(Nc1cccc(Br)c1)c1cc(-c2ccccc2)n[nH]1. The van der Waals surface area contributed by atoms with Crippen molar-refractivity contribution in [2.24, 2.45) is 0 Å². The highest BCUT2D eigenvalue weighted by atomic mass is 79.9. The van der Waals surface area contributed by atoms with Gasteiger partial charge < -0.3 is 5.32 Å². The molecule has 1 aromatic heterocycles. The molecule has 3 aromatic rings. The number of benzene rings is 2. The summed E-state index contributed by atoms with van der Waals surface area (Å²) in [6.07, 6.45) is 0. The first-order chi connectivity index (χ1) is 10.2. The highest BCUT2D eigenvalue weighted by molar-refractivity contribution is 9.10. The summed E-state index contributed by atoms with van der Waals surface area (Å²) in [5.41, 5.74) is 2.87. The van der Waals surface area contributed by atoms with Crippen molar-refractivity contribution >= 4 is 27.5 Å². The molecule has 1 amide bonds. The first kappa shape index (κ1) is 13.6. The fourth-order valence-electron chi connectivity index (χ4n) is 1.96. The van der Waals surface area contributed by atoms with Gasteiger partial charge in [-0.2, -0.15) is 5.10 Å². The summed E-state index contributed by atoms with van der Waals surface area (Å²) in [5, 5.41) is 9.76. The molecule has 0 aliphatic carbocycles. The number of nitrogens with zero attached hydrogens (tertiary/aromatic N) is 1. The van der Waals surface area contributed by atoms with Crippen LogP contribution < -0.4 is 5.32 Å². The molecule has 2 aromatic carbocycles. The van der Waals surface area contributed by atoms with Crippen LogP contribution in [0.5, 0.6) is 0 Å². The number of aromatic amines is 1. The molecule has 0 fully saturated rings. The maximum absolute atomic E-state index is 12.2. The van der Waals surface area contributed by atoms with Crippen molar-refractivity contribution in [3.8, 4) is 11.3 Å². The van der Waals surface area contributed by atoms with E-state index < -0.39 is 0 Å². The van der Waals surface area contributed by atoms with E-state index in [0.717, 1.165) is 21.4 Å². The summed E-state index contributed by atoms with van der Waals surface area (Å²) in [7, 11) is 0. The standard InChI is InChI=1S/C16H12BrN3O/c17-12-7-4-8-13(9-12)18-16(21)15-10-14(19-20-15)11-5-2-1-3-6-11/h1-10H,(H,18,21)(H,19,20). The van der Waals surface area contributed by atoms with Gasteiger partial charge in [0, 0.05) is 15.7 Å². The van der Waals surface area contributed by atoms with Gasteiger partial charge in [0.25, 0.3) is 5.91 Å². The van der Waals surface area contributed by atoms with Crippen LogP contribution in [-0.2, 0) is 0 Å². The van der Waals surface area contributed by atoms with Crippen molar-refractivity contribution in [3.63, 3.8) is 0 Å². The van der Waals surface area contributed by atoms with Crippen molar-refractivity contribution in [3.05, 3.63) is 70.8 Å². The van der Waals surface area contributed by atoms with Crippen molar-refractivity contribution in [1.82, 2.24) is 10.2 Å². The second kappa shape index (κ2) is 5.93. The summed E-state index contributed by atoms with van der Waals surface area (Å²) in [6, 6.07) is 18.9. The second-order valence-corrected chi connectivity index (χ2v) is 5.41. The molecular formula is C16H12BrN3O. The molecule has 0 aliphatic rings. The number of halogens is 1. The third-order valence-electron chi connectivity index (χ3n) is 2.97. The molecule has 0 atom stereocenters. The van der Waals surface area contributed by atoms with Crippen LogP contribution in [0.1, 0.15) is 10.5 Å². The van der Waals surface area contributed by atoms with E-state index in [1.165, 1.54) is 0 Å². The average Bonchev–Trinajstić information content (AvgIpc) is 2.98. The Bertz CT molecular complexity index is 768. The highest BCUT2D eigenvalue weighted by Gasteiger charge is 2.11. The first-order valence-corrected chi connectivity index (χ1v) is 7.19. The van der Waals surface area contributed by atoms with E-state index in [1.807, 2.05) is 54.6 Å². The van der Waals surface area contributed by atoms with Crippen molar-refractivity contribution in [2.75, 3.05) is 5.32 Å². The van der Waals surface area contributed by atoms with Crippen molar-refractivity contribution in [2.45, 2.75) is 0 Å². The number of carbonyl (C=O) groups is 1. The van der Waals surface area contributed by atoms with Crippen LogP contribution in [0, 0.1) is 0 Å². The zero-order chi connectivity index (χ0) is 14.7. The molecular weight excluding hydrogens is 330 g/mol. The number of H-pyrrole nitrogens is 1. The minimum absolute atomic E-state index is 0.220. The fourth-order valence-corrected chi connectivity index (χ4v) is 2.36. The van der Waals surface area contributed by atoms with Gasteiger partial charge in [-0.3, -0.25) is 9.89 Å². The number of aromatic nitrogens is 2. The van der Waals surface area contributed by atoms with Crippen LogP contribution in [0.2, 0.25) is 0 Å². The van der Waals surface area contributed by atoms with Gasteiger partial charge in [0.05, 0.1) is 5.69 Å². The smallest absolute Gasteiger partial charge is 0.273 e. The predicted molar refractivity (Wildman–Crippen MR) is 86.1 cm³/mol. The Morgan fingerprint density at radius 2 is 1.86 bits per heavy atom. The van der Waals surface area contributed by atoms with Gasteiger partial charge in [0.2, 0.25) is 0 Å². The normalized spacial score (nSPS) is 10.3. The molecule has 0 saturated carbocycles. The molecule has 0 unspecified atom stereocenters. The first-order valence-electron chi connectivity index (χ1n) is 6.40. The van der Waals surface area contributed by atoms with Gasteiger partial charge in [0.1, 0.15) is 5.69 Å². The molecule has 1 heterocycles. The van der Waals surface area contributed by atoms with Crippen LogP contribution >= 0.6 is 15.9 Å². The van der Waals surface area contributed by atoms with E-state index in [4.69, 9.17) is 0 Å². The van der Waals surface area contributed by atoms with Crippen LogP contribution in [0.3, 0.4) is 0 Å². The van der Waals surface area contributed by atoms with Gasteiger partial charge in [-0.1, -0.05) is 52.3 Å². The second-order valence-electron chi connectivity index (χ2n) is 4.50. The molecule has 3 rings (SSSR count). The third-order valence-corrected chi connectivity index (χ3v) is 3.47. The number of amides is 1. The molecule has 0 bridgehead atoms. The van der Waals surface area contributed by atoms with E-state index in [1.54, 1.807) is 6.07 Å². The number of hydrogen-bond acceptors (Lipinski definition) is 2. The quantitative estimate of drug-likeness (QED) is 0.753. The molecule has 0 spiro atoms. The molecule has 104 valence electrons. The van der Waals surface area contributed by atoms with Gasteiger partial charge in [-0.25, -0.2) is 0 Å². The number of anilines is 1. The van der Waals surface area contributed by atoms with Gasteiger partial charge in [-0.05, 0) is 24.3 Å². The van der Waals surface area contributed by atoms with Crippen molar-refractivity contribution in [1.29, 1.82) is 0 Å². The van der Waals surface area contributed by atoms with Gasteiger partial charge in [-0.15, -0.1) is 0 Å². The Labute approximate surface area is 130 Å². The Balaban J connectivity index is 1.78. The van der Waals surface area contributed by atoms with E-state index >= 15 is 0 Å². The van der Waals surface area contributed by atoms with E-state index in [0.29, 0.717) is 5.69 Å². The lowest BCUT2D eigenvalue weighted by Gasteiger charge is -2.03. The number of rotatable bonds is 3. The maximum Gasteiger partial charge on any atom is 0.273 e. The van der Waals surface area contributed by atoms with E-state index in [9.17, 15) is 4.79 Å². The van der Waals surface area contributed by atoms with Gasteiger partial charge >= 0.3 is 0 Å². The lowest BCUT2D eigenvalue weighted by atomic mass is 10.1. The topological polar surface area (TPSA) is 57.8 Å². The summed E-state index contributed by atoms with van der Waals surface area (Å²) >= 11 is 3.37. The molecule has 2 N–H and O–H groups in total. The number of nitrogens with one attached hydrogen (secondary N) is 2. The van der Waals surface area contributed by atoms with Crippen molar-refractivity contribution < 1.29 is 4.79 Å². The summed E-state index contributed by atoms with van der Waals surface area (Å²) in [5.74, 6) is -0.220. The monoisotopic (exact) mass is 341 g/mol. The van der Waals surface area contributed by atoms with Crippen LogP contribution in [0.15, 0.2) is 65.1 Å². The summed E-state index contributed by atoms with van der Waals surface area (Å²) < 4.78 is 0.912.